The molecule has 0 N–H and O–H groups in total. The van der Waals surface area contributed by atoms with E-state index in [9.17, 15) is 19.7 Å². The van der Waals surface area contributed by atoms with E-state index in [2.05, 4.69) is 0 Å². The van der Waals surface area contributed by atoms with Crippen LogP contribution < -0.4 is 0 Å². The molecule has 0 aliphatic heterocycles. The minimum atomic E-state index is -0.696. The molecule has 0 heterocycles. The molecule has 1 atom stereocenters. The summed E-state index contributed by atoms with van der Waals surface area (Å²) in [5.74, 6) is -1.06. The van der Waals surface area contributed by atoms with E-state index in [4.69, 9.17) is 4.74 Å². The summed E-state index contributed by atoms with van der Waals surface area (Å²) in [6.45, 7) is 6.04. The summed E-state index contributed by atoms with van der Waals surface area (Å²) in [5.41, 5.74) is 0.710. The van der Waals surface area contributed by atoms with Gasteiger partial charge >= 0.3 is 5.97 Å². The fourth-order valence-corrected chi connectivity index (χ4v) is 2.77. The van der Waals surface area contributed by atoms with Gasteiger partial charge in [-0.2, -0.15) is 0 Å². The molecule has 0 aromatic heterocycles. The van der Waals surface area contributed by atoms with Crippen LogP contribution in [0.15, 0.2) is 48.5 Å². The zero-order valence-electron chi connectivity index (χ0n) is 16.3. The van der Waals surface area contributed by atoms with Crippen LogP contribution in [0.4, 0.5) is 5.69 Å². The average Bonchev–Trinajstić information content (AvgIpc) is 2.71. The number of esters is 1. The van der Waals surface area contributed by atoms with Gasteiger partial charge in [-0.3, -0.25) is 14.9 Å². The van der Waals surface area contributed by atoms with Crippen LogP contribution in [0.25, 0.3) is 0 Å². The third kappa shape index (κ3) is 5.16. The second-order valence-electron chi connectivity index (χ2n) is 6.42. The number of nitrogens with zero attached hydrogens (tertiary/aromatic N) is 2. The van der Waals surface area contributed by atoms with E-state index in [1.54, 1.807) is 11.8 Å². The number of nitro groups is 1. The Balaban J connectivity index is 2.44. The molecule has 0 unspecified atom stereocenters. The molecule has 2 rings (SSSR count). The maximum atomic E-state index is 13.2. The van der Waals surface area contributed by atoms with Gasteiger partial charge in [-0.05, 0) is 31.9 Å². The van der Waals surface area contributed by atoms with Gasteiger partial charge in [-0.1, -0.05) is 37.3 Å². The molecule has 0 bridgehead atoms. The summed E-state index contributed by atoms with van der Waals surface area (Å²) < 4.78 is 4.94. The van der Waals surface area contributed by atoms with E-state index in [1.165, 1.54) is 12.1 Å². The van der Waals surface area contributed by atoms with Gasteiger partial charge in [0.25, 0.3) is 11.6 Å². The first-order valence-electron chi connectivity index (χ1n) is 9.18. The highest BCUT2D eigenvalue weighted by Gasteiger charge is 2.25. The predicted octanol–water partition coefficient (Wildman–Crippen LogP) is 4.21. The van der Waals surface area contributed by atoms with Crippen molar-refractivity contribution in [1.29, 1.82) is 0 Å². The van der Waals surface area contributed by atoms with Crippen molar-refractivity contribution in [2.45, 2.75) is 39.8 Å². The van der Waals surface area contributed by atoms with E-state index in [0.717, 1.165) is 18.1 Å². The van der Waals surface area contributed by atoms with Crippen molar-refractivity contribution in [1.82, 2.24) is 4.90 Å². The monoisotopic (exact) mass is 384 g/mol. The van der Waals surface area contributed by atoms with Gasteiger partial charge in [0.05, 0.1) is 17.1 Å². The fourth-order valence-electron chi connectivity index (χ4n) is 2.77. The number of amides is 1. The first-order valence-corrected chi connectivity index (χ1v) is 9.18. The van der Waals surface area contributed by atoms with E-state index in [0.29, 0.717) is 6.54 Å². The largest absolute Gasteiger partial charge is 0.462 e. The second-order valence-corrected chi connectivity index (χ2v) is 6.42. The molecule has 0 spiro atoms. The highest BCUT2D eigenvalue weighted by molar-refractivity contribution is 5.99. The Bertz CT molecular complexity index is 851. The number of non-ortho nitro benzene ring substituents is 1. The number of hydrogen-bond acceptors (Lipinski definition) is 5. The maximum absolute atomic E-state index is 13.2. The summed E-state index contributed by atoms with van der Waals surface area (Å²) in [5, 5.41) is 11.3. The second kappa shape index (κ2) is 9.64. The van der Waals surface area contributed by atoms with E-state index in [-0.39, 0.29) is 35.4 Å². The summed E-state index contributed by atoms with van der Waals surface area (Å²) in [6, 6.07) is 13.1. The summed E-state index contributed by atoms with van der Waals surface area (Å²) in [4.78, 5) is 37.6. The molecule has 2 aromatic carbocycles. The van der Waals surface area contributed by atoms with Gasteiger partial charge in [0, 0.05) is 30.3 Å². The third-order valence-corrected chi connectivity index (χ3v) is 4.47. The number of rotatable bonds is 8. The number of nitro benzene ring substituents is 1. The standard InChI is InChI=1S/C21H24N2O5/c1-4-15(3)22(14-16-9-7-6-8-10-16)20(24)17-11-18(21(25)28-5-2)13-19(12-17)23(26)27/h6-13,15H,4-5,14H2,1-3H3/t15-/m0/s1. The van der Waals surface area contributed by atoms with Crippen LogP contribution in [0.2, 0.25) is 0 Å². The Kier molecular flexibility index (Phi) is 7.26. The fraction of sp³-hybridized carbons (Fsp3) is 0.333. The van der Waals surface area contributed by atoms with Crippen molar-refractivity contribution >= 4 is 17.6 Å². The number of carbonyl (C=O) groups is 2. The summed E-state index contributed by atoms with van der Waals surface area (Å²) in [6.07, 6.45) is 0.720. The number of ether oxygens (including phenoxy) is 1. The van der Waals surface area contributed by atoms with Crippen LogP contribution in [-0.4, -0.2) is 34.3 Å². The molecule has 0 aliphatic rings. The van der Waals surface area contributed by atoms with E-state index in [1.807, 2.05) is 44.2 Å². The molecule has 1 amide bonds. The van der Waals surface area contributed by atoms with Crippen molar-refractivity contribution in [2.75, 3.05) is 6.61 Å². The zero-order valence-corrected chi connectivity index (χ0v) is 16.3. The van der Waals surface area contributed by atoms with Gasteiger partial charge in [-0.15, -0.1) is 0 Å². The van der Waals surface area contributed by atoms with Crippen molar-refractivity contribution in [3.8, 4) is 0 Å². The topological polar surface area (TPSA) is 89.8 Å². The van der Waals surface area contributed by atoms with Crippen LogP contribution in [-0.2, 0) is 11.3 Å². The van der Waals surface area contributed by atoms with Gasteiger partial charge in [0.2, 0.25) is 0 Å². The minimum Gasteiger partial charge on any atom is -0.462 e. The first kappa shape index (κ1) is 21.1. The highest BCUT2D eigenvalue weighted by atomic mass is 16.6. The predicted molar refractivity (Wildman–Crippen MR) is 105 cm³/mol. The quantitative estimate of drug-likeness (QED) is 0.386. The third-order valence-electron chi connectivity index (χ3n) is 4.47. The molecule has 0 saturated carbocycles. The Hall–Kier alpha value is -3.22. The van der Waals surface area contributed by atoms with Crippen LogP contribution in [0.5, 0.6) is 0 Å². The number of hydrogen-bond donors (Lipinski definition) is 0. The molecule has 0 saturated heterocycles. The Labute approximate surface area is 164 Å². The summed E-state index contributed by atoms with van der Waals surface area (Å²) in [7, 11) is 0. The smallest absolute Gasteiger partial charge is 0.338 e. The van der Waals surface area contributed by atoms with Crippen LogP contribution in [0, 0.1) is 10.1 Å². The molecule has 0 fully saturated rings. The summed E-state index contributed by atoms with van der Waals surface area (Å²) >= 11 is 0. The maximum Gasteiger partial charge on any atom is 0.338 e. The van der Waals surface area contributed by atoms with Gasteiger partial charge in [0.1, 0.15) is 0 Å². The normalized spacial score (nSPS) is 11.5. The Morgan fingerprint density at radius 2 is 1.75 bits per heavy atom. The first-order chi connectivity index (χ1) is 13.4. The van der Waals surface area contributed by atoms with Crippen LogP contribution >= 0.6 is 0 Å². The molecule has 0 radical (unpaired) electrons. The molecule has 2 aromatic rings. The molecule has 0 aliphatic carbocycles. The zero-order chi connectivity index (χ0) is 20.7. The number of carbonyl (C=O) groups excluding carboxylic acids is 2. The lowest BCUT2D eigenvalue weighted by Gasteiger charge is -2.29. The lowest BCUT2D eigenvalue weighted by molar-refractivity contribution is -0.384. The molecule has 148 valence electrons. The molecular weight excluding hydrogens is 360 g/mol. The molecule has 28 heavy (non-hydrogen) atoms. The van der Waals surface area contributed by atoms with Crippen molar-refractivity contribution in [2.24, 2.45) is 0 Å². The highest BCUT2D eigenvalue weighted by Crippen LogP contribution is 2.22. The van der Waals surface area contributed by atoms with Crippen molar-refractivity contribution < 1.29 is 19.2 Å². The minimum absolute atomic E-state index is 0.0109. The van der Waals surface area contributed by atoms with Gasteiger partial charge in [-0.25, -0.2) is 4.79 Å². The number of benzene rings is 2. The SMILES string of the molecule is CCOC(=O)c1cc(C(=O)N(Cc2ccccc2)[C@@H](C)CC)cc([N+](=O)[O-])c1. The molecule has 7 heteroatoms. The lowest BCUT2D eigenvalue weighted by atomic mass is 10.1. The van der Waals surface area contributed by atoms with Crippen molar-refractivity contribution in [3.63, 3.8) is 0 Å². The Morgan fingerprint density at radius 1 is 1.11 bits per heavy atom. The van der Waals surface area contributed by atoms with E-state index >= 15 is 0 Å². The van der Waals surface area contributed by atoms with Crippen LogP contribution in [0.1, 0.15) is 53.5 Å². The average molecular weight is 384 g/mol. The lowest BCUT2D eigenvalue weighted by Crippen LogP contribution is -2.38. The van der Waals surface area contributed by atoms with Gasteiger partial charge < -0.3 is 9.64 Å². The molecular formula is C21H24N2O5. The van der Waals surface area contributed by atoms with Crippen molar-refractivity contribution in [3.05, 3.63) is 75.3 Å². The Morgan fingerprint density at radius 3 is 2.32 bits per heavy atom. The molecule has 7 nitrogen and oxygen atoms in total. The van der Waals surface area contributed by atoms with Crippen LogP contribution in [0.3, 0.4) is 0 Å². The van der Waals surface area contributed by atoms with E-state index < -0.39 is 10.9 Å². The van der Waals surface area contributed by atoms with Gasteiger partial charge in [0.15, 0.2) is 0 Å².